The molecule has 2 rings (SSSR count). The molecule has 1 aliphatic rings. The van der Waals surface area contributed by atoms with Crippen molar-refractivity contribution in [3.63, 3.8) is 0 Å². The first-order valence-electron chi connectivity index (χ1n) is 7.19. The minimum absolute atomic E-state index is 0.0476. The molecule has 1 saturated carbocycles. The Kier molecular flexibility index (Phi) is 4.88. The van der Waals surface area contributed by atoms with Crippen LogP contribution in [-0.4, -0.2) is 24.4 Å². The fourth-order valence-corrected chi connectivity index (χ4v) is 2.28. The van der Waals surface area contributed by atoms with Gasteiger partial charge < -0.3 is 10.6 Å². The van der Waals surface area contributed by atoms with Crippen LogP contribution in [0.2, 0.25) is 5.02 Å². The van der Waals surface area contributed by atoms with E-state index in [4.69, 9.17) is 11.6 Å². The van der Waals surface area contributed by atoms with Crippen LogP contribution in [0.3, 0.4) is 0 Å². The van der Waals surface area contributed by atoms with Gasteiger partial charge in [-0.2, -0.15) is 0 Å². The molecule has 0 unspecified atom stereocenters. The second kappa shape index (κ2) is 6.48. The van der Waals surface area contributed by atoms with Gasteiger partial charge in [-0.1, -0.05) is 37.6 Å². The van der Waals surface area contributed by atoms with Crippen LogP contribution in [0.1, 0.15) is 38.7 Å². The van der Waals surface area contributed by atoms with Gasteiger partial charge in [0.1, 0.15) is 0 Å². The van der Waals surface area contributed by atoms with Gasteiger partial charge in [0.05, 0.1) is 6.54 Å². The van der Waals surface area contributed by atoms with Crippen molar-refractivity contribution in [3.05, 3.63) is 34.9 Å². The number of amides is 2. The average Bonchev–Trinajstić information content (AvgIpc) is 3.20. The maximum absolute atomic E-state index is 12.0. The second-order valence-electron chi connectivity index (χ2n) is 6.19. The summed E-state index contributed by atoms with van der Waals surface area (Å²) in [7, 11) is 0. The number of hydrogen-bond donors (Lipinski definition) is 2. The molecule has 1 aliphatic carbocycles. The topological polar surface area (TPSA) is 58.2 Å². The Balaban J connectivity index is 1.82. The quantitative estimate of drug-likeness (QED) is 0.848. The molecule has 0 heterocycles. The predicted octanol–water partition coefficient (Wildman–Crippen LogP) is 2.40. The molecule has 0 bridgehead atoms. The molecule has 1 fully saturated rings. The highest BCUT2D eigenvalue weighted by atomic mass is 35.5. The van der Waals surface area contributed by atoms with Crippen LogP contribution in [0.4, 0.5) is 0 Å². The summed E-state index contributed by atoms with van der Waals surface area (Å²) in [6.45, 7) is 4.05. The predicted molar refractivity (Wildman–Crippen MR) is 83.3 cm³/mol. The molecule has 0 radical (unpaired) electrons. The standard InChI is InChI=1S/C16H21ClN2O2/c1-16(2,11-3-5-12(17)6-4-11)9-14(20)18-10-15(21)19-13-7-8-13/h3-6,13H,7-10H2,1-2H3,(H,18,20)(H,19,21). The van der Waals surface area contributed by atoms with Gasteiger partial charge in [-0.05, 0) is 36.0 Å². The zero-order valence-corrected chi connectivity index (χ0v) is 13.2. The molecule has 0 saturated heterocycles. The minimum Gasteiger partial charge on any atom is -0.352 e. The number of hydrogen-bond acceptors (Lipinski definition) is 2. The summed E-state index contributed by atoms with van der Waals surface area (Å²) >= 11 is 5.87. The number of benzene rings is 1. The van der Waals surface area contributed by atoms with E-state index in [-0.39, 0.29) is 23.8 Å². The van der Waals surface area contributed by atoms with E-state index in [2.05, 4.69) is 10.6 Å². The Hall–Kier alpha value is -1.55. The summed E-state index contributed by atoms with van der Waals surface area (Å²) in [6, 6.07) is 7.81. The second-order valence-corrected chi connectivity index (χ2v) is 6.62. The zero-order valence-electron chi connectivity index (χ0n) is 12.4. The summed E-state index contributed by atoms with van der Waals surface area (Å²) < 4.78 is 0. The molecular formula is C16H21ClN2O2. The Morgan fingerprint density at radius 1 is 1.19 bits per heavy atom. The third kappa shape index (κ3) is 5.05. The molecule has 2 amide bonds. The van der Waals surface area contributed by atoms with Crippen LogP contribution >= 0.6 is 11.6 Å². The first-order valence-corrected chi connectivity index (χ1v) is 7.57. The van der Waals surface area contributed by atoms with E-state index in [9.17, 15) is 9.59 Å². The lowest BCUT2D eigenvalue weighted by molar-refractivity contribution is -0.126. The first-order chi connectivity index (χ1) is 9.87. The molecule has 1 aromatic carbocycles. The van der Waals surface area contributed by atoms with Gasteiger partial charge in [0.2, 0.25) is 11.8 Å². The molecule has 2 N–H and O–H groups in total. The van der Waals surface area contributed by atoms with Crippen LogP contribution in [0.25, 0.3) is 0 Å². The SMILES string of the molecule is CC(C)(CC(=O)NCC(=O)NC1CC1)c1ccc(Cl)cc1. The summed E-state index contributed by atoms with van der Waals surface area (Å²) in [5.74, 6) is -0.240. The largest absolute Gasteiger partial charge is 0.352 e. The Morgan fingerprint density at radius 2 is 1.81 bits per heavy atom. The van der Waals surface area contributed by atoms with Gasteiger partial charge in [0.15, 0.2) is 0 Å². The van der Waals surface area contributed by atoms with E-state index in [1.54, 1.807) is 0 Å². The monoisotopic (exact) mass is 308 g/mol. The Bertz CT molecular complexity index is 522. The van der Waals surface area contributed by atoms with Crippen molar-refractivity contribution in [3.8, 4) is 0 Å². The molecule has 5 heteroatoms. The lowest BCUT2D eigenvalue weighted by Crippen LogP contribution is -2.39. The van der Waals surface area contributed by atoms with E-state index in [0.717, 1.165) is 18.4 Å². The van der Waals surface area contributed by atoms with Crippen molar-refractivity contribution in [1.29, 1.82) is 0 Å². The highest BCUT2D eigenvalue weighted by Crippen LogP contribution is 2.27. The number of nitrogens with one attached hydrogen (secondary N) is 2. The fraction of sp³-hybridized carbons (Fsp3) is 0.500. The van der Waals surface area contributed by atoms with Gasteiger partial charge in [0.25, 0.3) is 0 Å². The first kappa shape index (κ1) is 15.8. The molecular weight excluding hydrogens is 288 g/mol. The summed E-state index contributed by atoms with van der Waals surface area (Å²) in [5.41, 5.74) is 0.742. The van der Waals surface area contributed by atoms with Gasteiger partial charge in [-0.3, -0.25) is 9.59 Å². The van der Waals surface area contributed by atoms with Gasteiger partial charge in [0, 0.05) is 17.5 Å². The lowest BCUT2D eigenvalue weighted by Gasteiger charge is -2.24. The van der Waals surface area contributed by atoms with Crippen molar-refractivity contribution in [2.75, 3.05) is 6.54 Å². The van der Waals surface area contributed by atoms with Crippen molar-refractivity contribution in [1.82, 2.24) is 10.6 Å². The van der Waals surface area contributed by atoms with Crippen molar-refractivity contribution in [2.45, 2.75) is 44.6 Å². The van der Waals surface area contributed by atoms with Gasteiger partial charge in [-0.25, -0.2) is 0 Å². The average molecular weight is 309 g/mol. The van der Waals surface area contributed by atoms with E-state index in [0.29, 0.717) is 17.5 Å². The normalized spacial score (nSPS) is 14.6. The van der Waals surface area contributed by atoms with Crippen LogP contribution in [-0.2, 0) is 15.0 Å². The highest BCUT2D eigenvalue weighted by molar-refractivity contribution is 6.30. The maximum Gasteiger partial charge on any atom is 0.239 e. The number of carbonyl (C=O) groups is 2. The molecule has 1 aromatic rings. The summed E-state index contributed by atoms with van der Waals surface area (Å²) in [5, 5.41) is 6.19. The Labute approximate surface area is 130 Å². The number of halogens is 1. The van der Waals surface area contributed by atoms with Gasteiger partial charge >= 0.3 is 0 Å². The molecule has 0 spiro atoms. The van der Waals surface area contributed by atoms with Crippen molar-refractivity contribution in [2.24, 2.45) is 0 Å². The van der Waals surface area contributed by atoms with Crippen LogP contribution in [0, 0.1) is 0 Å². The molecule has 114 valence electrons. The Morgan fingerprint density at radius 3 is 2.38 bits per heavy atom. The minimum atomic E-state index is -0.304. The van der Waals surface area contributed by atoms with E-state index in [1.165, 1.54) is 0 Å². The molecule has 4 nitrogen and oxygen atoms in total. The summed E-state index contributed by atoms with van der Waals surface area (Å²) in [6.07, 6.45) is 2.41. The fourth-order valence-electron chi connectivity index (χ4n) is 2.15. The third-order valence-electron chi connectivity index (χ3n) is 3.62. The zero-order chi connectivity index (χ0) is 15.5. The van der Waals surface area contributed by atoms with Crippen LogP contribution < -0.4 is 10.6 Å². The van der Waals surface area contributed by atoms with Crippen LogP contribution in [0.15, 0.2) is 24.3 Å². The maximum atomic E-state index is 12.0. The van der Waals surface area contributed by atoms with Crippen molar-refractivity contribution >= 4 is 23.4 Å². The summed E-state index contributed by atoms with van der Waals surface area (Å²) in [4.78, 5) is 23.5. The molecule has 0 atom stereocenters. The lowest BCUT2D eigenvalue weighted by atomic mass is 9.81. The number of carbonyl (C=O) groups excluding carboxylic acids is 2. The highest BCUT2D eigenvalue weighted by Gasteiger charge is 2.26. The van der Waals surface area contributed by atoms with Crippen molar-refractivity contribution < 1.29 is 9.59 Å². The van der Waals surface area contributed by atoms with E-state index in [1.807, 2.05) is 38.1 Å². The smallest absolute Gasteiger partial charge is 0.239 e. The third-order valence-corrected chi connectivity index (χ3v) is 3.87. The molecule has 0 aliphatic heterocycles. The van der Waals surface area contributed by atoms with E-state index >= 15 is 0 Å². The van der Waals surface area contributed by atoms with Gasteiger partial charge in [-0.15, -0.1) is 0 Å². The molecule has 21 heavy (non-hydrogen) atoms. The van der Waals surface area contributed by atoms with Crippen LogP contribution in [0.5, 0.6) is 0 Å². The molecule has 0 aromatic heterocycles. The van der Waals surface area contributed by atoms with E-state index < -0.39 is 0 Å². The number of rotatable bonds is 6.